The van der Waals surface area contributed by atoms with Crippen molar-refractivity contribution in [3.8, 4) is 11.5 Å². The molecule has 0 radical (unpaired) electrons. The van der Waals surface area contributed by atoms with Gasteiger partial charge in [-0.05, 0) is 50.4 Å². The van der Waals surface area contributed by atoms with E-state index >= 15 is 0 Å². The van der Waals surface area contributed by atoms with Gasteiger partial charge in [0.05, 0.1) is 32.5 Å². The third-order valence-corrected chi connectivity index (χ3v) is 8.39. The van der Waals surface area contributed by atoms with Crippen molar-refractivity contribution in [3.05, 3.63) is 106 Å². The molecule has 1 aromatic heterocycles. The lowest BCUT2D eigenvalue weighted by molar-refractivity contribution is -0.114. The van der Waals surface area contributed by atoms with Crippen LogP contribution in [0.25, 0.3) is 0 Å². The zero-order chi connectivity index (χ0) is 33.7. The molecule has 5 rings (SSSR count). The summed E-state index contributed by atoms with van der Waals surface area (Å²) in [4.78, 5) is 41.7. The van der Waals surface area contributed by atoms with Gasteiger partial charge < -0.3 is 19.7 Å². The smallest absolute Gasteiger partial charge is 0.331 e. The summed E-state index contributed by atoms with van der Waals surface area (Å²) in [6, 6.07) is 17.8. The Morgan fingerprint density at radius 3 is 2.40 bits per heavy atom. The van der Waals surface area contributed by atoms with E-state index < -0.39 is 12.1 Å². The Morgan fingerprint density at radius 1 is 1.04 bits per heavy atom. The fourth-order valence-corrected chi connectivity index (χ4v) is 5.99. The summed E-state index contributed by atoms with van der Waals surface area (Å²) < 4.78 is 11.0. The number of urea groups is 1. The van der Waals surface area contributed by atoms with Gasteiger partial charge in [0.1, 0.15) is 27.4 Å². The summed E-state index contributed by atoms with van der Waals surface area (Å²) in [6.07, 6.45) is 5.36. The first-order chi connectivity index (χ1) is 22.6. The number of rotatable bonds is 12. The number of aromatic nitrogens is 2. The summed E-state index contributed by atoms with van der Waals surface area (Å²) in [7, 11) is 6.84. The predicted octanol–water partition coefficient (Wildman–Crippen LogP) is 7.48. The maximum Gasteiger partial charge on any atom is 0.331 e. The van der Waals surface area contributed by atoms with E-state index in [2.05, 4.69) is 10.3 Å². The van der Waals surface area contributed by atoms with Crippen molar-refractivity contribution in [2.45, 2.75) is 25.9 Å². The van der Waals surface area contributed by atoms with Gasteiger partial charge in [-0.2, -0.15) is 4.98 Å². The number of likely N-dealkylation sites (N-methyl/N-ethyl adjacent to an activating group) is 1. The summed E-state index contributed by atoms with van der Waals surface area (Å²) in [5, 5.41) is 3.54. The molecule has 2 amide bonds. The summed E-state index contributed by atoms with van der Waals surface area (Å²) in [5.74, 6) is 1.36. The van der Waals surface area contributed by atoms with E-state index in [1.54, 1.807) is 23.2 Å². The van der Waals surface area contributed by atoms with Gasteiger partial charge in [0.2, 0.25) is 5.95 Å². The first kappa shape index (κ1) is 33.7. The number of carbonyl (C=O) groups is 2. The average molecular weight is 676 g/mol. The van der Waals surface area contributed by atoms with Crippen molar-refractivity contribution < 1.29 is 19.1 Å². The number of nitrogens with zero attached hydrogens (tertiary/aromatic N) is 5. The van der Waals surface area contributed by atoms with E-state index in [0.29, 0.717) is 35.4 Å². The molecule has 1 aliphatic rings. The highest BCUT2D eigenvalue weighted by Gasteiger charge is 2.39. The number of anilines is 4. The molecule has 3 aromatic carbocycles. The molecule has 0 spiro atoms. The van der Waals surface area contributed by atoms with Crippen molar-refractivity contribution in [2.75, 3.05) is 50.0 Å². The zero-order valence-corrected chi connectivity index (χ0v) is 28.3. The molecule has 1 aliphatic heterocycles. The SMILES string of the molecule is COc1cc(OC)c(Cl)c(N2Cc3cnc(Nc4ccccc4)nc3N(C(C)c3cccc(CC(=O)/C=C/CN(C)C)c3)C2=O)c1Cl. The molecule has 12 heteroatoms. The van der Waals surface area contributed by atoms with Crippen molar-refractivity contribution in [2.24, 2.45) is 0 Å². The maximum atomic E-state index is 14.6. The van der Waals surface area contributed by atoms with Crippen LogP contribution in [0.15, 0.2) is 79.0 Å². The molecule has 0 fully saturated rings. The van der Waals surface area contributed by atoms with Gasteiger partial charge in [-0.3, -0.25) is 14.6 Å². The molecule has 4 aromatic rings. The monoisotopic (exact) mass is 674 g/mol. The fourth-order valence-electron chi connectivity index (χ4n) is 5.29. The lowest BCUT2D eigenvalue weighted by atomic mass is 10.00. The highest BCUT2D eigenvalue weighted by Crippen LogP contribution is 2.48. The second-order valence-corrected chi connectivity index (χ2v) is 12.0. The van der Waals surface area contributed by atoms with Crippen LogP contribution in [0.1, 0.15) is 29.7 Å². The number of nitrogens with one attached hydrogen (secondary N) is 1. The number of benzene rings is 3. The van der Waals surface area contributed by atoms with Crippen molar-refractivity contribution >= 4 is 58.2 Å². The number of allylic oxidation sites excluding steroid dienone is 1. The number of amides is 2. The summed E-state index contributed by atoms with van der Waals surface area (Å²) >= 11 is 13.6. The van der Waals surface area contributed by atoms with Crippen LogP contribution in [0.4, 0.5) is 27.9 Å². The normalized spacial score (nSPS) is 13.6. The maximum absolute atomic E-state index is 14.6. The van der Waals surface area contributed by atoms with E-state index in [1.807, 2.05) is 86.6 Å². The van der Waals surface area contributed by atoms with Crippen molar-refractivity contribution in [1.29, 1.82) is 0 Å². The Labute approximate surface area is 284 Å². The van der Waals surface area contributed by atoms with Crippen molar-refractivity contribution in [1.82, 2.24) is 14.9 Å². The van der Waals surface area contributed by atoms with Gasteiger partial charge in [-0.25, -0.2) is 9.78 Å². The minimum Gasteiger partial charge on any atom is -0.495 e. The van der Waals surface area contributed by atoms with E-state index in [-0.39, 0.29) is 34.5 Å². The molecule has 244 valence electrons. The number of fused-ring (bicyclic) bond motifs is 1. The van der Waals surface area contributed by atoms with Crippen LogP contribution < -0.4 is 24.6 Å². The predicted molar refractivity (Wildman–Crippen MR) is 187 cm³/mol. The Bertz CT molecular complexity index is 1770. The van der Waals surface area contributed by atoms with Crippen LogP contribution >= 0.6 is 23.2 Å². The molecule has 47 heavy (non-hydrogen) atoms. The second-order valence-electron chi connectivity index (χ2n) is 11.3. The van der Waals surface area contributed by atoms with Gasteiger partial charge in [-0.1, -0.05) is 71.7 Å². The van der Waals surface area contributed by atoms with E-state index in [9.17, 15) is 9.59 Å². The number of halogens is 2. The third-order valence-electron chi connectivity index (χ3n) is 7.66. The van der Waals surface area contributed by atoms with Crippen LogP contribution in [0.2, 0.25) is 10.0 Å². The standard InChI is InChI=1S/C35H36Cl2N6O4/c1-22(24-12-9-11-23(17-24)18-27(44)15-10-16-41(2)3)43-33-25(20-38-34(40-33)39-26-13-7-6-8-14-26)21-42(35(43)45)32-30(36)28(46-4)19-29(47-5)31(32)37/h6-15,17,19-20,22H,16,18,21H2,1-5H3,(H,38,39,40)/b15-10+. The average Bonchev–Trinajstić information content (AvgIpc) is 3.05. The molecule has 0 saturated carbocycles. The Kier molecular flexibility index (Phi) is 10.7. The number of carbonyl (C=O) groups excluding carboxylic acids is 2. The highest BCUT2D eigenvalue weighted by atomic mass is 35.5. The number of methoxy groups -OCH3 is 2. The summed E-state index contributed by atoms with van der Waals surface area (Å²) in [6.45, 7) is 2.67. The lowest BCUT2D eigenvalue weighted by Crippen LogP contribution is -2.49. The Hall–Kier alpha value is -4.64. The number of ketones is 1. The van der Waals surface area contributed by atoms with Gasteiger partial charge >= 0.3 is 6.03 Å². The van der Waals surface area contributed by atoms with E-state index in [0.717, 1.165) is 16.8 Å². The molecule has 10 nitrogen and oxygen atoms in total. The molecule has 0 bridgehead atoms. The Morgan fingerprint density at radius 2 is 1.74 bits per heavy atom. The zero-order valence-electron chi connectivity index (χ0n) is 26.8. The minimum atomic E-state index is -0.520. The van der Waals surface area contributed by atoms with Crippen molar-refractivity contribution in [3.63, 3.8) is 0 Å². The molecule has 0 aliphatic carbocycles. The van der Waals surface area contributed by atoms with Gasteiger partial charge in [0, 0.05) is 36.5 Å². The van der Waals surface area contributed by atoms with Gasteiger partial charge in [-0.15, -0.1) is 0 Å². The number of ether oxygens (including phenoxy) is 2. The van der Waals surface area contributed by atoms with Gasteiger partial charge in [0.15, 0.2) is 5.78 Å². The number of para-hydroxylation sites is 1. The molecular formula is C35H36Cl2N6O4. The summed E-state index contributed by atoms with van der Waals surface area (Å²) in [5.41, 5.74) is 3.35. The molecule has 0 saturated heterocycles. The lowest BCUT2D eigenvalue weighted by Gasteiger charge is -2.40. The molecule has 2 heterocycles. The second kappa shape index (κ2) is 14.8. The van der Waals surface area contributed by atoms with E-state index in [1.165, 1.54) is 19.1 Å². The molecule has 1 unspecified atom stereocenters. The minimum absolute atomic E-state index is 0.0113. The van der Waals surface area contributed by atoms with Crippen LogP contribution in [0.5, 0.6) is 11.5 Å². The largest absolute Gasteiger partial charge is 0.495 e. The first-order valence-electron chi connectivity index (χ1n) is 14.9. The number of hydrogen-bond acceptors (Lipinski definition) is 8. The topological polar surface area (TPSA) is 100 Å². The first-order valence-corrected chi connectivity index (χ1v) is 15.7. The fraction of sp³-hybridized carbons (Fsp3) is 0.257. The van der Waals surface area contributed by atoms with Crippen LogP contribution in [-0.4, -0.2) is 61.5 Å². The van der Waals surface area contributed by atoms with Crippen LogP contribution in [0.3, 0.4) is 0 Å². The number of hydrogen-bond donors (Lipinski definition) is 1. The molecule has 1 N–H and O–H groups in total. The molecule has 1 atom stereocenters. The third kappa shape index (κ3) is 7.51. The van der Waals surface area contributed by atoms with E-state index in [4.69, 9.17) is 37.7 Å². The molecular weight excluding hydrogens is 639 g/mol. The van der Waals surface area contributed by atoms with Crippen LogP contribution in [0, 0.1) is 0 Å². The Balaban J connectivity index is 1.57. The van der Waals surface area contributed by atoms with Gasteiger partial charge in [0.25, 0.3) is 0 Å². The van der Waals surface area contributed by atoms with Crippen LogP contribution in [-0.2, 0) is 17.8 Å². The quantitative estimate of drug-likeness (QED) is 0.154. The highest BCUT2D eigenvalue weighted by molar-refractivity contribution is 6.42.